The minimum absolute atomic E-state index is 1.15. The first kappa shape index (κ1) is 31.7. The first-order chi connectivity index (χ1) is 17.2. The summed E-state index contributed by atoms with van der Waals surface area (Å²) in [6.07, 6.45) is 8.44. The second kappa shape index (κ2) is 18.0. The molecule has 0 radical (unpaired) electrons. The molecule has 0 saturated carbocycles. The van der Waals surface area contributed by atoms with Gasteiger partial charge in [-0.3, -0.25) is 0 Å². The second-order valence-corrected chi connectivity index (χ2v) is 9.30. The molecule has 36 heavy (non-hydrogen) atoms. The number of aryl methyl sites for hydroxylation is 2. The van der Waals surface area contributed by atoms with Crippen molar-refractivity contribution >= 4 is 16.5 Å². The Morgan fingerprint density at radius 1 is 0.556 bits per heavy atom. The fourth-order valence-electron chi connectivity index (χ4n) is 4.17. The third-order valence-corrected chi connectivity index (χ3v) is 5.60. The molecule has 0 heterocycles. The van der Waals surface area contributed by atoms with Gasteiger partial charge in [-0.2, -0.15) is 0 Å². The van der Waals surface area contributed by atoms with Crippen LogP contribution in [0.5, 0.6) is 0 Å². The van der Waals surface area contributed by atoms with Crippen molar-refractivity contribution in [3.05, 3.63) is 83.4 Å². The summed E-state index contributed by atoms with van der Waals surface area (Å²) >= 11 is 0. The van der Waals surface area contributed by atoms with Crippen LogP contribution in [-0.4, -0.2) is 19.6 Å². The van der Waals surface area contributed by atoms with Crippen molar-refractivity contribution in [3.63, 3.8) is 0 Å². The van der Waals surface area contributed by atoms with Gasteiger partial charge in [0.1, 0.15) is 0 Å². The Kier molecular flexibility index (Phi) is 15.9. The van der Waals surface area contributed by atoms with E-state index in [4.69, 9.17) is 28.7 Å². The van der Waals surface area contributed by atoms with Crippen molar-refractivity contribution in [2.75, 3.05) is 0 Å². The van der Waals surface area contributed by atoms with Crippen LogP contribution in [0, 0.1) is 0 Å². The van der Waals surface area contributed by atoms with Crippen LogP contribution >= 0.6 is 16.5 Å². The summed E-state index contributed by atoms with van der Waals surface area (Å²) in [5, 5.41) is 0. The van der Waals surface area contributed by atoms with Gasteiger partial charge in [-0.15, -0.1) is 19.6 Å². The molecule has 0 fully saturated rings. The van der Waals surface area contributed by atoms with E-state index in [0.29, 0.717) is 0 Å². The third-order valence-electron chi connectivity index (χ3n) is 5.60. The summed E-state index contributed by atoms with van der Waals surface area (Å²) in [7, 11) is -5.74. The highest BCUT2D eigenvalue weighted by Gasteiger charge is 2.14. The van der Waals surface area contributed by atoms with E-state index in [1.54, 1.807) is 11.1 Å². The number of benzene rings is 3. The first-order valence-electron chi connectivity index (χ1n) is 12.2. The average Bonchev–Trinajstić information content (AvgIpc) is 2.84. The third kappa shape index (κ3) is 11.6. The lowest BCUT2D eigenvalue weighted by Gasteiger charge is -2.19. The Morgan fingerprint density at radius 3 is 1.53 bits per heavy atom. The predicted molar refractivity (Wildman–Crippen MR) is 148 cm³/mol. The fourth-order valence-corrected chi connectivity index (χ4v) is 4.17. The average molecular weight is 533 g/mol. The molecule has 3 aromatic carbocycles. The SMILES string of the molecule is CCCCc1ccc(CCC)c(-c2ccc(-c3ccccc3)cc2)c1CCC.O=[P+](O)O.O=[P+](O)O. The normalized spacial score (nSPS) is 9.97. The summed E-state index contributed by atoms with van der Waals surface area (Å²) in [6.45, 7) is 6.87. The van der Waals surface area contributed by atoms with Gasteiger partial charge in [-0.05, 0) is 64.6 Å². The Bertz CT molecular complexity index is 1050. The van der Waals surface area contributed by atoms with Gasteiger partial charge >= 0.3 is 16.5 Å². The molecule has 0 amide bonds. The largest absolute Gasteiger partial charge is 0.692 e. The molecule has 0 bridgehead atoms. The molecule has 6 nitrogen and oxygen atoms in total. The minimum Gasteiger partial charge on any atom is -0.134 e. The molecule has 194 valence electrons. The Labute approximate surface area is 216 Å². The van der Waals surface area contributed by atoms with E-state index in [0.717, 1.165) is 6.42 Å². The maximum Gasteiger partial charge on any atom is 0.692 e. The lowest BCUT2D eigenvalue weighted by Crippen LogP contribution is -2.02. The summed E-state index contributed by atoms with van der Waals surface area (Å²) in [6, 6.07) is 24.7. The van der Waals surface area contributed by atoms with Crippen molar-refractivity contribution in [1.29, 1.82) is 0 Å². The molecule has 3 aromatic rings. The van der Waals surface area contributed by atoms with Crippen molar-refractivity contribution in [1.82, 2.24) is 0 Å². The van der Waals surface area contributed by atoms with Crippen molar-refractivity contribution in [2.24, 2.45) is 0 Å². The lowest BCUT2D eigenvalue weighted by atomic mass is 9.85. The molecule has 0 aliphatic heterocycles. The molecule has 0 unspecified atom stereocenters. The van der Waals surface area contributed by atoms with Gasteiger partial charge in [-0.1, -0.05) is 107 Å². The van der Waals surface area contributed by atoms with Crippen molar-refractivity contribution in [2.45, 2.75) is 65.7 Å². The molecule has 3 rings (SSSR count). The van der Waals surface area contributed by atoms with E-state index in [9.17, 15) is 0 Å². The van der Waals surface area contributed by atoms with Crippen LogP contribution in [0.25, 0.3) is 22.3 Å². The van der Waals surface area contributed by atoms with Gasteiger partial charge in [0.25, 0.3) is 0 Å². The van der Waals surface area contributed by atoms with Crippen LogP contribution in [0.15, 0.2) is 66.7 Å². The molecule has 0 aromatic heterocycles. The zero-order valence-corrected chi connectivity index (χ0v) is 23.1. The van der Waals surface area contributed by atoms with E-state index in [1.807, 2.05) is 0 Å². The van der Waals surface area contributed by atoms with Crippen LogP contribution in [0.3, 0.4) is 0 Å². The zero-order chi connectivity index (χ0) is 26.9. The molecule has 0 atom stereocenters. The van der Waals surface area contributed by atoms with Crippen LogP contribution < -0.4 is 0 Å². The number of unbranched alkanes of at least 4 members (excludes halogenated alkanes) is 1. The van der Waals surface area contributed by atoms with E-state index in [2.05, 4.69) is 87.5 Å². The van der Waals surface area contributed by atoms with Crippen molar-refractivity contribution in [3.8, 4) is 22.3 Å². The second-order valence-electron chi connectivity index (χ2n) is 8.29. The zero-order valence-electron chi connectivity index (χ0n) is 21.3. The van der Waals surface area contributed by atoms with Crippen LogP contribution in [0.4, 0.5) is 0 Å². The van der Waals surface area contributed by atoms with E-state index in [-0.39, 0.29) is 0 Å². The quantitative estimate of drug-likeness (QED) is 0.212. The molecule has 0 aliphatic rings. The van der Waals surface area contributed by atoms with Gasteiger partial charge < -0.3 is 0 Å². The van der Waals surface area contributed by atoms with Gasteiger partial charge in [0.15, 0.2) is 0 Å². The number of rotatable bonds is 9. The predicted octanol–water partition coefficient (Wildman–Crippen LogP) is 7.53. The highest BCUT2D eigenvalue weighted by Crippen LogP contribution is 2.34. The Balaban J connectivity index is 0.000000709. The smallest absolute Gasteiger partial charge is 0.134 e. The summed E-state index contributed by atoms with van der Waals surface area (Å²) in [5.41, 5.74) is 10.1. The Morgan fingerprint density at radius 2 is 1.03 bits per heavy atom. The van der Waals surface area contributed by atoms with Gasteiger partial charge in [0.2, 0.25) is 0 Å². The standard InChI is InChI=1S/C28H34.2HO3P/c1-4-7-13-24-18-21-25(11-5-2)28(27(24)12-6-3)26-19-16-23(17-20-26)22-14-9-8-10-15-22;2*1-4(2)3/h8-10,14-21H,4-7,11-13H2,1-3H3;2*(H-,1,2,3)/p+2. The minimum atomic E-state index is -2.87. The van der Waals surface area contributed by atoms with E-state index < -0.39 is 16.5 Å². The Hall–Kier alpha value is -2.30. The molecule has 8 heteroatoms. The lowest BCUT2D eigenvalue weighted by molar-refractivity contribution is 0.403. The van der Waals surface area contributed by atoms with Gasteiger partial charge in [0.05, 0.1) is 0 Å². The molecule has 0 saturated heterocycles. The summed E-state index contributed by atoms with van der Waals surface area (Å²) in [5.74, 6) is 0. The van der Waals surface area contributed by atoms with Gasteiger partial charge in [0, 0.05) is 9.13 Å². The molecule has 0 spiro atoms. The first-order valence-corrected chi connectivity index (χ1v) is 14.6. The monoisotopic (exact) mass is 532 g/mol. The molecule has 0 aliphatic carbocycles. The van der Waals surface area contributed by atoms with E-state index in [1.165, 1.54) is 66.3 Å². The number of hydrogen-bond donors (Lipinski definition) is 4. The van der Waals surface area contributed by atoms with Gasteiger partial charge in [-0.25, -0.2) is 0 Å². The topological polar surface area (TPSA) is 115 Å². The maximum absolute atomic E-state index is 8.70. The molecular formula is C28H38O6P2+2. The molecule has 4 N–H and O–H groups in total. The maximum atomic E-state index is 8.70. The molecular weight excluding hydrogens is 494 g/mol. The highest BCUT2D eigenvalue weighted by molar-refractivity contribution is 7.31. The highest BCUT2D eigenvalue weighted by atomic mass is 31.1. The van der Waals surface area contributed by atoms with Crippen molar-refractivity contribution < 1.29 is 28.7 Å². The summed E-state index contributed by atoms with van der Waals surface area (Å²) in [4.78, 5) is 28.5. The van der Waals surface area contributed by atoms with Crippen LogP contribution in [0.1, 0.15) is 63.1 Å². The number of hydrogen-bond acceptors (Lipinski definition) is 2. The fraction of sp³-hybridized carbons (Fsp3) is 0.357. The van der Waals surface area contributed by atoms with Crippen LogP contribution in [-0.2, 0) is 28.4 Å². The van der Waals surface area contributed by atoms with E-state index >= 15 is 0 Å². The summed E-state index contributed by atoms with van der Waals surface area (Å²) < 4.78 is 17.4. The van der Waals surface area contributed by atoms with Crippen LogP contribution in [0.2, 0.25) is 0 Å².